The highest BCUT2D eigenvalue weighted by molar-refractivity contribution is 5.88. The van der Waals surface area contributed by atoms with Gasteiger partial charge in [-0.05, 0) is 24.6 Å². The number of nitrogens with one attached hydrogen (secondary N) is 2. The molecule has 3 rings (SSSR count). The number of carbonyl (C=O) groups is 1. The maximum absolute atomic E-state index is 11.3. The molecular formula is C14H17N5O. The lowest BCUT2D eigenvalue weighted by molar-refractivity contribution is 0.254. The summed E-state index contributed by atoms with van der Waals surface area (Å²) < 4.78 is 1.91. The van der Waals surface area contributed by atoms with Gasteiger partial charge in [0.05, 0.1) is 6.54 Å². The summed E-state index contributed by atoms with van der Waals surface area (Å²) in [6.45, 7) is 3.79. The highest BCUT2D eigenvalue weighted by Crippen LogP contribution is 2.32. The first-order valence-electron chi connectivity index (χ1n) is 6.58. The van der Waals surface area contributed by atoms with Crippen molar-refractivity contribution in [2.24, 2.45) is 0 Å². The van der Waals surface area contributed by atoms with Crippen LogP contribution in [0, 0.1) is 6.92 Å². The second-order valence-electron chi connectivity index (χ2n) is 4.81. The van der Waals surface area contributed by atoms with E-state index >= 15 is 0 Å². The molecule has 0 saturated carbocycles. The number of amides is 2. The van der Waals surface area contributed by atoms with Crippen LogP contribution in [0.2, 0.25) is 0 Å². The van der Waals surface area contributed by atoms with E-state index in [-0.39, 0.29) is 6.03 Å². The van der Waals surface area contributed by atoms with Crippen molar-refractivity contribution in [2.75, 3.05) is 23.8 Å². The van der Waals surface area contributed by atoms with Gasteiger partial charge in [-0.25, -0.2) is 9.48 Å². The van der Waals surface area contributed by atoms with E-state index < -0.39 is 0 Å². The molecule has 0 saturated heterocycles. The molecular weight excluding hydrogens is 254 g/mol. The molecule has 104 valence electrons. The molecule has 6 nitrogen and oxygen atoms in total. The molecule has 1 aliphatic heterocycles. The van der Waals surface area contributed by atoms with E-state index in [9.17, 15) is 4.79 Å². The summed E-state index contributed by atoms with van der Waals surface area (Å²) in [5.41, 5.74) is 2.37. The van der Waals surface area contributed by atoms with Crippen molar-refractivity contribution >= 4 is 23.4 Å². The lowest BCUT2D eigenvalue weighted by Crippen LogP contribution is -2.24. The zero-order valence-electron chi connectivity index (χ0n) is 11.6. The Balaban J connectivity index is 1.88. The smallest absolute Gasteiger partial charge is 0.320 e. The summed E-state index contributed by atoms with van der Waals surface area (Å²) in [6, 6.07) is 9.99. The van der Waals surface area contributed by atoms with E-state index in [0.29, 0.717) is 5.82 Å². The largest absolute Gasteiger partial charge is 0.341 e. The number of aryl methyl sites for hydroxylation is 1. The first-order valence-corrected chi connectivity index (χ1v) is 6.58. The van der Waals surface area contributed by atoms with E-state index in [1.807, 2.05) is 16.8 Å². The Morgan fingerprint density at radius 2 is 2.15 bits per heavy atom. The minimum atomic E-state index is -0.260. The van der Waals surface area contributed by atoms with Crippen LogP contribution in [0.25, 0.3) is 0 Å². The summed E-state index contributed by atoms with van der Waals surface area (Å²) >= 11 is 0. The van der Waals surface area contributed by atoms with Crippen LogP contribution in [0.3, 0.4) is 0 Å². The Labute approximate surface area is 117 Å². The molecule has 2 N–H and O–H groups in total. The van der Waals surface area contributed by atoms with Gasteiger partial charge in [0, 0.05) is 25.3 Å². The van der Waals surface area contributed by atoms with Crippen molar-refractivity contribution in [3.8, 4) is 0 Å². The third kappa shape index (κ3) is 2.20. The van der Waals surface area contributed by atoms with Crippen LogP contribution in [0.4, 0.5) is 22.1 Å². The molecule has 1 aromatic heterocycles. The van der Waals surface area contributed by atoms with Gasteiger partial charge < -0.3 is 10.2 Å². The van der Waals surface area contributed by atoms with Crippen molar-refractivity contribution in [3.05, 3.63) is 35.9 Å². The van der Waals surface area contributed by atoms with Crippen LogP contribution < -0.4 is 15.5 Å². The summed E-state index contributed by atoms with van der Waals surface area (Å²) in [7, 11) is 1.58. The van der Waals surface area contributed by atoms with Crippen LogP contribution in [-0.2, 0) is 6.54 Å². The maximum atomic E-state index is 11.3. The quantitative estimate of drug-likeness (QED) is 0.879. The normalized spacial score (nSPS) is 13.2. The number of hydrogen-bond acceptors (Lipinski definition) is 3. The summed E-state index contributed by atoms with van der Waals surface area (Å²) in [6.07, 6.45) is 0. The third-order valence-electron chi connectivity index (χ3n) is 3.35. The van der Waals surface area contributed by atoms with Gasteiger partial charge in [0.25, 0.3) is 0 Å². The molecule has 0 spiro atoms. The van der Waals surface area contributed by atoms with Crippen LogP contribution >= 0.6 is 0 Å². The van der Waals surface area contributed by atoms with Crippen molar-refractivity contribution in [1.29, 1.82) is 0 Å². The van der Waals surface area contributed by atoms with E-state index in [0.717, 1.165) is 24.6 Å². The van der Waals surface area contributed by atoms with Gasteiger partial charge in [-0.3, -0.25) is 5.32 Å². The van der Waals surface area contributed by atoms with Crippen LogP contribution in [0.15, 0.2) is 30.3 Å². The third-order valence-corrected chi connectivity index (χ3v) is 3.35. The fourth-order valence-corrected chi connectivity index (χ4v) is 2.40. The minimum absolute atomic E-state index is 0.260. The van der Waals surface area contributed by atoms with Gasteiger partial charge >= 0.3 is 6.03 Å². The highest BCUT2D eigenvalue weighted by Gasteiger charge is 2.23. The number of fused-ring (bicyclic) bond motifs is 1. The van der Waals surface area contributed by atoms with Gasteiger partial charge in [0.2, 0.25) is 0 Å². The monoisotopic (exact) mass is 271 g/mol. The molecule has 2 aromatic rings. The molecule has 6 heteroatoms. The van der Waals surface area contributed by atoms with E-state index in [2.05, 4.69) is 45.8 Å². The Morgan fingerprint density at radius 3 is 2.90 bits per heavy atom. The average Bonchev–Trinajstić information content (AvgIpc) is 2.98. The van der Waals surface area contributed by atoms with Crippen LogP contribution in [-0.4, -0.2) is 29.4 Å². The molecule has 0 bridgehead atoms. The summed E-state index contributed by atoms with van der Waals surface area (Å²) in [5, 5.41) is 9.59. The zero-order valence-corrected chi connectivity index (χ0v) is 11.6. The predicted octanol–water partition coefficient (Wildman–Crippen LogP) is 2.09. The molecule has 0 aliphatic carbocycles. The van der Waals surface area contributed by atoms with E-state index in [1.54, 1.807) is 7.05 Å². The lowest BCUT2D eigenvalue weighted by Gasteiger charge is -2.17. The molecule has 0 fully saturated rings. The van der Waals surface area contributed by atoms with E-state index in [1.165, 1.54) is 5.56 Å². The highest BCUT2D eigenvalue weighted by atomic mass is 16.2. The first-order chi connectivity index (χ1) is 9.67. The molecule has 1 aromatic carbocycles. The molecule has 20 heavy (non-hydrogen) atoms. The number of anilines is 3. The van der Waals surface area contributed by atoms with Crippen molar-refractivity contribution < 1.29 is 4.79 Å². The number of carbonyl (C=O) groups excluding carboxylic acids is 1. The number of rotatable bonds is 2. The SMILES string of the molecule is CNC(=O)Nc1cc2n(n1)CCN2c1cccc(C)c1. The second kappa shape index (κ2) is 4.88. The molecule has 2 heterocycles. The summed E-state index contributed by atoms with van der Waals surface area (Å²) in [5.74, 6) is 1.57. The lowest BCUT2D eigenvalue weighted by atomic mass is 10.2. The van der Waals surface area contributed by atoms with Crippen molar-refractivity contribution in [2.45, 2.75) is 13.5 Å². The first kappa shape index (κ1) is 12.5. The van der Waals surface area contributed by atoms with Gasteiger partial charge in [-0.2, -0.15) is 5.10 Å². The van der Waals surface area contributed by atoms with Crippen molar-refractivity contribution in [1.82, 2.24) is 15.1 Å². The number of urea groups is 1. The number of nitrogens with zero attached hydrogens (tertiary/aromatic N) is 3. The maximum Gasteiger partial charge on any atom is 0.320 e. The summed E-state index contributed by atoms with van der Waals surface area (Å²) in [4.78, 5) is 13.5. The molecule has 0 unspecified atom stereocenters. The topological polar surface area (TPSA) is 62.2 Å². The predicted molar refractivity (Wildman–Crippen MR) is 78.5 cm³/mol. The van der Waals surface area contributed by atoms with Gasteiger partial charge in [-0.1, -0.05) is 12.1 Å². The van der Waals surface area contributed by atoms with Crippen LogP contribution in [0.1, 0.15) is 5.56 Å². The standard InChI is InChI=1S/C14H17N5O/c1-10-4-3-5-11(8-10)18-6-7-19-13(18)9-12(17-19)16-14(20)15-2/h3-5,8-9H,6-7H2,1-2H3,(H2,15,16,17,20). The Bertz CT molecular complexity index is 649. The fourth-order valence-electron chi connectivity index (χ4n) is 2.40. The van der Waals surface area contributed by atoms with Crippen LogP contribution in [0.5, 0.6) is 0 Å². The number of aromatic nitrogens is 2. The number of benzene rings is 1. The Hall–Kier alpha value is -2.50. The molecule has 2 amide bonds. The second-order valence-corrected chi connectivity index (χ2v) is 4.81. The molecule has 1 aliphatic rings. The minimum Gasteiger partial charge on any atom is -0.341 e. The molecule has 0 radical (unpaired) electrons. The van der Waals surface area contributed by atoms with Crippen molar-refractivity contribution in [3.63, 3.8) is 0 Å². The van der Waals surface area contributed by atoms with Gasteiger partial charge in [0.15, 0.2) is 5.82 Å². The average molecular weight is 271 g/mol. The zero-order chi connectivity index (χ0) is 14.1. The Kier molecular flexibility index (Phi) is 3.06. The molecule has 0 atom stereocenters. The fraction of sp³-hybridized carbons (Fsp3) is 0.286. The number of hydrogen-bond donors (Lipinski definition) is 2. The van der Waals surface area contributed by atoms with E-state index in [4.69, 9.17) is 0 Å². The van der Waals surface area contributed by atoms with Gasteiger partial charge in [0.1, 0.15) is 5.82 Å². The Morgan fingerprint density at radius 1 is 1.30 bits per heavy atom. The van der Waals surface area contributed by atoms with Gasteiger partial charge in [-0.15, -0.1) is 0 Å².